The fourth-order valence-electron chi connectivity index (χ4n) is 1.87. The number of nitrogens with one attached hydrogen (secondary N) is 2. The summed E-state index contributed by atoms with van der Waals surface area (Å²) in [6, 6.07) is 1.99. The topological polar surface area (TPSA) is 67.7 Å². The van der Waals surface area contributed by atoms with Crippen LogP contribution in [0.5, 0.6) is 0 Å². The molecule has 6 nitrogen and oxygen atoms in total. The predicted molar refractivity (Wildman–Crippen MR) is 76.2 cm³/mol. The lowest BCUT2D eigenvalue weighted by molar-refractivity contribution is 0.746. The summed E-state index contributed by atoms with van der Waals surface area (Å²) in [6.07, 6.45) is 1.93. The van der Waals surface area contributed by atoms with Crippen molar-refractivity contribution in [2.45, 2.75) is 27.3 Å². The van der Waals surface area contributed by atoms with E-state index in [4.69, 9.17) is 0 Å². The van der Waals surface area contributed by atoms with Crippen LogP contribution in [-0.2, 0) is 13.6 Å². The van der Waals surface area contributed by atoms with Crippen LogP contribution in [0, 0.1) is 13.8 Å². The summed E-state index contributed by atoms with van der Waals surface area (Å²) >= 11 is 0. The molecule has 2 heterocycles. The van der Waals surface area contributed by atoms with E-state index in [-0.39, 0.29) is 0 Å². The average molecular weight is 260 g/mol. The molecule has 102 valence electrons. The molecule has 2 aromatic heterocycles. The van der Waals surface area contributed by atoms with Crippen LogP contribution in [0.1, 0.15) is 24.0 Å². The number of nitrogens with zero attached hydrogens (tertiary/aromatic N) is 4. The van der Waals surface area contributed by atoms with Crippen LogP contribution < -0.4 is 10.6 Å². The zero-order chi connectivity index (χ0) is 13.8. The number of anilines is 2. The van der Waals surface area contributed by atoms with E-state index in [2.05, 4.69) is 32.6 Å². The third-order valence-electron chi connectivity index (χ3n) is 2.81. The summed E-state index contributed by atoms with van der Waals surface area (Å²) in [5.41, 5.74) is 2.02. The lowest BCUT2D eigenvalue weighted by atomic mass is 10.3. The standard InChI is InChI=1S/C13H20N6/c1-5-14-12-9(2)13(17-10(3)16-12)15-8-11-6-7-19(4)18-11/h6-7H,5,8H2,1-4H3,(H2,14,15,16,17). The molecule has 0 aliphatic heterocycles. The SMILES string of the molecule is CCNc1nc(C)nc(NCc2ccn(C)n2)c1C. The van der Waals surface area contributed by atoms with Gasteiger partial charge in [-0.2, -0.15) is 5.10 Å². The summed E-state index contributed by atoms with van der Waals surface area (Å²) in [5.74, 6) is 2.50. The normalized spacial score (nSPS) is 10.5. The quantitative estimate of drug-likeness (QED) is 0.859. The van der Waals surface area contributed by atoms with Gasteiger partial charge in [0, 0.05) is 25.4 Å². The van der Waals surface area contributed by atoms with Crippen LogP contribution in [0.2, 0.25) is 0 Å². The van der Waals surface area contributed by atoms with Crippen molar-refractivity contribution in [2.24, 2.45) is 7.05 Å². The maximum atomic E-state index is 4.44. The highest BCUT2D eigenvalue weighted by molar-refractivity contribution is 5.57. The maximum Gasteiger partial charge on any atom is 0.135 e. The Bertz CT molecular complexity index is 560. The van der Waals surface area contributed by atoms with Crippen molar-refractivity contribution in [1.82, 2.24) is 19.7 Å². The van der Waals surface area contributed by atoms with E-state index in [0.717, 1.165) is 35.3 Å². The number of hydrogen-bond donors (Lipinski definition) is 2. The van der Waals surface area contributed by atoms with Gasteiger partial charge in [0.2, 0.25) is 0 Å². The zero-order valence-electron chi connectivity index (χ0n) is 11.9. The molecule has 2 rings (SSSR count). The first-order valence-electron chi connectivity index (χ1n) is 6.41. The van der Waals surface area contributed by atoms with E-state index in [9.17, 15) is 0 Å². The van der Waals surface area contributed by atoms with Crippen molar-refractivity contribution in [3.05, 3.63) is 29.3 Å². The molecule has 0 radical (unpaired) electrons. The molecule has 0 aliphatic rings. The molecule has 0 amide bonds. The molecular weight excluding hydrogens is 240 g/mol. The van der Waals surface area contributed by atoms with Crippen LogP contribution in [0.4, 0.5) is 11.6 Å². The largest absolute Gasteiger partial charge is 0.370 e. The van der Waals surface area contributed by atoms with Crippen LogP contribution >= 0.6 is 0 Å². The first-order valence-corrected chi connectivity index (χ1v) is 6.41. The highest BCUT2D eigenvalue weighted by atomic mass is 15.3. The van der Waals surface area contributed by atoms with Crippen molar-refractivity contribution in [1.29, 1.82) is 0 Å². The summed E-state index contributed by atoms with van der Waals surface area (Å²) in [7, 11) is 1.91. The van der Waals surface area contributed by atoms with Crippen molar-refractivity contribution in [3.63, 3.8) is 0 Å². The highest BCUT2D eigenvalue weighted by Gasteiger charge is 2.08. The molecule has 0 bridgehead atoms. The van der Waals surface area contributed by atoms with Gasteiger partial charge in [-0.1, -0.05) is 0 Å². The molecule has 6 heteroatoms. The molecular formula is C13H20N6. The number of aromatic nitrogens is 4. The van der Waals surface area contributed by atoms with Crippen molar-refractivity contribution >= 4 is 11.6 Å². The van der Waals surface area contributed by atoms with E-state index >= 15 is 0 Å². The molecule has 2 aromatic rings. The van der Waals surface area contributed by atoms with Crippen LogP contribution in [0.3, 0.4) is 0 Å². The molecule has 0 saturated heterocycles. The Morgan fingerprint density at radius 3 is 2.42 bits per heavy atom. The second-order valence-corrected chi connectivity index (χ2v) is 4.46. The fourth-order valence-corrected chi connectivity index (χ4v) is 1.87. The summed E-state index contributed by atoms with van der Waals surface area (Å²) in [4.78, 5) is 8.84. The maximum absolute atomic E-state index is 4.44. The second kappa shape index (κ2) is 5.69. The lowest BCUT2D eigenvalue weighted by Gasteiger charge is -2.12. The lowest BCUT2D eigenvalue weighted by Crippen LogP contribution is -2.10. The van der Waals surface area contributed by atoms with Gasteiger partial charge in [-0.05, 0) is 26.8 Å². The molecule has 0 unspecified atom stereocenters. The Balaban J connectivity index is 2.15. The van der Waals surface area contributed by atoms with Gasteiger partial charge in [-0.3, -0.25) is 4.68 Å². The highest BCUT2D eigenvalue weighted by Crippen LogP contribution is 2.20. The first-order chi connectivity index (χ1) is 9.10. The average Bonchev–Trinajstić information content (AvgIpc) is 2.78. The Morgan fingerprint density at radius 1 is 1.16 bits per heavy atom. The molecule has 0 saturated carbocycles. The molecule has 2 N–H and O–H groups in total. The van der Waals surface area contributed by atoms with Crippen molar-refractivity contribution < 1.29 is 0 Å². The van der Waals surface area contributed by atoms with Crippen molar-refractivity contribution in [3.8, 4) is 0 Å². The molecule has 0 aromatic carbocycles. The monoisotopic (exact) mass is 260 g/mol. The minimum absolute atomic E-state index is 0.656. The Kier molecular flexibility index (Phi) is 3.99. The van der Waals surface area contributed by atoms with Gasteiger partial charge in [0.25, 0.3) is 0 Å². The van der Waals surface area contributed by atoms with Gasteiger partial charge >= 0.3 is 0 Å². The second-order valence-electron chi connectivity index (χ2n) is 4.46. The van der Waals surface area contributed by atoms with Crippen LogP contribution in [-0.4, -0.2) is 26.3 Å². The Morgan fingerprint density at radius 2 is 1.84 bits per heavy atom. The minimum Gasteiger partial charge on any atom is -0.370 e. The summed E-state index contributed by atoms with van der Waals surface area (Å²) in [5, 5.41) is 10.9. The minimum atomic E-state index is 0.656. The third kappa shape index (κ3) is 3.21. The van der Waals surface area contributed by atoms with E-state index < -0.39 is 0 Å². The number of aryl methyl sites for hydroxylation is 2. The van der Waals surface area contributed by atoms with Gasteiger partial charge < -0.3 is 10.6 Å². The predicted octanol–water partition coefficient (Wildman–Crippen LogP) is 1.87. The van der Waals surface area contributed by atoms with Gasteiger partial charge in [0.05, 0.1) is 12.2 Å². The van der Waals surface area contributed by atoms with Crippen molar-refractivity contribution in [2.75, 3.05) is 17.2 Å². The zero-order valence-corrected chi connectivity index (χ0v) is 11.9. The smallest absolute Gasteiger partial charge is 0.135 e. The summed E-state index contributed by atoms with van der Waals surface area (Å²) < 4.78 is 1.79. The molecule has 19 heavy (non-hydrogen) atoms. The van der Waals surface area contributed by atoms with Gasteiger partial charge in [-0.25, -0.2) is 9.97 Å². The van der Waals surface area contributed by atoms with E-state index in [0.29, 0.717) is 6.54 Å². The summed E-state index contributed by atoms with van der Waals surface area (Å²) in [6.45, 7) is 7.46. The molecule has 0 spiro atoms. The first kappa shape index (κ1) is 13.3. The van der Waals surface area contributed by atoms with Gasteiger partial charge in [0.15, 0.2) is 0 Å². The van der Waals surface area contributed by atoms with E-state index in [1.165, 1.54) is 0 Å². The molecule has 0 atom stereocenters. The number of rotatable bonds is 5. The van der Waals surface area contributed by atoms with Gasteiger partial charge in [-0.15, -0.1) is 0 Å². The Hall–Kier alpha value is -2.11. The van der Waals surface area contributed by atoms with Gasteiger partial charge in [0.1, 0.15) is 17.5 Å². The number of hydrogen-bond acceptors (Lipinski definition) is 5. The van der Waals surface area contributed by atoms with E-state index in [1.807, 2.05) is 33.2 Å². The fraction of sp³-hybridized carbons (Fsp3) is 0.462. The Labute approximate surface area is 113 Å². The third-order valence-corrected chi connectivity index (χ3v) is 2.81. The molecule has 0 aliphatic carbocycles. The molecule has 0 fully saturated rings. The van der Waals surface area contributed by atoms with Crippen LogP contribution in [0.15, 0.2) is 12.3 Å². The van der Waals surface area contributed by atoms with Crippen LogP contribution in [0.25, 0.3) is 0 Å². The van der Waals surface area contributed by atoms with E-state index in [1.54, 1.807) is 4.68 Å².